The van der Waals surface area contributed by atoms with Crippen LogP contribution in [0.4, 0.5) is 0 Å². The molecule has 2 N–H and O–H groups in total. The molecule has 0 unspecified atom stereocenters. The van der Waals surface area contributed by atoms with Crippen LogP contribution >= 0.6 is 0 Å². The average Bonchev–Trinajstić information content (AvgIpc) is 1.97. The largest absolute Gasteiger partial charge is 0.380 e. The van der Waals surface area contributed by atoms with E-state index in [2.05, 4.69) is 6.58 Å². The summed E-state index contributed by atoms with van der Waals surface area (Å²) in [5.74, 6) is 0.0574. The first kappa shape index (κ1) is 10.3. The molecule has 64 valence electrons. The van der Waals surface area contributed by atoms with Crippen molar-refractivity contribution in [3.05, 3.63) is 12.2 Å². The third kappa shape index (κ3) is 5.76. The first-order valence-electron chi connectivity index (χ1n) is 3.65. The fourth-order valence-corrected chi connectivity index (χ4v) is 0.564. The lowest BCUT2D eigenvalue weighted by atomic mass is 10.2. The number of ketones is 1. The van der Waals surface area contributed by atoms with Gasteiger partial charge in [0.05, 0.1) is 13.2 Å². The van der Waals surface area contributed by atoms with Crippen LogP contribution in [0.25, 0.3) is 0 Å². The lowest BCUT2D eigenvalue weighted by Crippen LogP contribution is -2.11. The zero-order valence-corrected chi connectivity index (χ0v) is 6.93. The van der Waals surface area contributed by atoms with Crippen LogP contribution < -0.4 is 5.73 Å². The molecule has 0 aromatic heterocycles. The molecule has 0 bridgehead atoms. The number of nitrogens with two attached hydrogens (primary N) is 1. The van der Waals surface area contributed by atoms with Crippen molar-refractivity contribution in [2.45, 2.75) is 13.3 Å². The molecule has 3 heteroatoms. The van der Waals surface area contributed by atoms with Gasteiger partial charge in [-0.05, 0) is 12.5 Å². The maximum absolute atomic E-state index is 10.9. The minimum absolute atomic E-state index is 0.0574. The first-order chi connectivity index (χ1) is 5.18. The molecule has 0 fully saturated rings. The molecule has 0 saturated heterocycles. The highest BCUT2D eigenvalue weighted by Gasteiger charge is 2.00. The number of carbonyl (C=O) groups is 1. The Kier molecular flexibility index (Phi) is 5.70. The molecule has 0 atom stereocenters. The molecule has 11 heavy (non-hydrogen) atoms. The van der Waals surface area contributed by atoms with Crippen molar-refractivity contribution in [3.63, 3.8) is 0 Å². The Morgan fingerprint density at radius 2 is 2.18 bits per heavy atom. The highest BCUT2D eigenvalue weighted by molar-refractivity contribution is 5.94. The van der Waals surface area contributed by atoms with Gasteiger partial charge in [0.1, 0.15) is 0 Å². The van der Waals surface area contributed by atoms with Crippen LogP contribution in [0.2, 0.25) is 0 Å². The van der Waals surface area contributed by atoms with Crippen molar-refractivity contribution >= 4 is 5.78 Å². The van der Waals surface area contributed by atoms with Gasteiger partial charge >= 0.3 is 0 Å². The third-order valence-electron chi connectivity index (χ3n) is 1.21. The standard InChI is InChI=1S/C8H15NO2/c1-7(2)8(10)3-5-11-6-4-9/h1,3-6,9H2,2H3. The SMILES string of the molecule is C=C(C)C(=O)CCOCCN. The number of rotatable bonds is 6. The Labute approximate surface area is 67.2 Å². The quantitative estimate of drug-likeness (QED) is 0.451. The molecule has 0 aromatic rings. The Balaban J connectivity index is 3.25. The molecule has 0 heterocycles. The van der Waals surface area contributed by atoms with Crippen molar-refractivity contribution in [1.82, 2.24) is 0 Å². The molecule has 0 aliphatic carbocycles. The highest BCUT2D eigenvalue weighted by Crippen LogP contribution is 1.94. The van der Waals surface area contributed by atoms with E-state index in [4.69, 9.17) is 10.5 Å². The number of hydrogen-bond acceptors (Lipinski definition) is 3. The van der Waals surface area contributed by atoms with Crippen LogP contribution in [-0.2, 0) is 9.53 Å². The molecule has 0 spiro atoms. The van der Waals surface area contributed by atoms with E-state index in [0.29, 0.717) is 31.8 Å². The lowest BCUT2D eigenvalue weighted by molar-refractivity contribution is -0.116. The maximum Gasteiger partial charge on any atom is 0.160 e. The zero-order valence-electron chi connectivity index (χ0n) is 6.93. The van der Waals surface area contributed by atoms with Gasteiger partial charge < -0.3 is 10.5 Å². The second kappa shape index (κ2) is 6.07. The van der Waals surface area contributed by atoms with E-state index in [1.54, 1.807) is 6.92 Å². The summed E-state index contributed by atoms with van der Waals surface area (Å²) in [6.45, 7) is 6.69. The molecule has 0 aliphatic heterocycles. The predicted octanol–water partition coefficient (Wildman–Crippen LogP) is 0.497. The fourth-order valence-electron chi connectivity index (χ4n) is 0.564. The Morgan fingerprint density at radius 1 is 1.55 bits per heavy atom. The molecule has 0 amide bonds. The number of ether oxygens (including phenoxy) is 1. The summed E-state index contributed by atoms with van der Waals surface area (Å²) in [4.78, 5) is 10.9. The van der Waals surface area contributed by atoms with Gasteiger partial charge in [-0.1, -0.05) is 6.58 Å². The van der Waals surface area contributed by atoms with Crippen LogP contribution in [-0.4, -0.2) is 25.5 Å². The van der Waals surface area contributed by atoms with Gasteiger partial charge in [0.25, 0.3) is 0 Å². The van der Waals surface area contributed by atoms with Crippen LogP contribution in [0, 0.1) is 0 Å². The molecule has 0 aromatic carbocycles. The van der Waals surface area contributed by atoms with Crippen molar-refractivity contribution in [1.29, 1.82) is 0 Å². The summed E-state index contributed by atoms with van der Waals surface area (Å²) in [5.41, 5.74) is 5.76. The van der Waals surface area contributed by atoms with Crippen molar-refractivity contribution < 1.29 is 9.53 Å². The second-order valence-corrected chi connectivity index (χ2v) is 2.35. The first-order valence-corrected chi connectivity index (χ1v) is 3.65. The van der Waals surface area contributed by atoms with Gasteiger partial charge in [-0.15, -0.1) is 0 Å². The summed E-state index contributed by atoms with van der Waals surface area (Å²) < 4.78 is 5.02. The van der Waals surface area contributed by atoms with Crippen LogP contribution in [0.1, 0.15) is 13.3 Å². The number of allylic oxidation sites excluding steroid dienone is 1. The molecular formula is C8H15NO2. The molecule has 0 rings (SSSR count). The van der Waals surface area contributed by atoms with Gasteiger partial charge in [-0.3, -0.25) is 4.79 Å². The molecule has 3 nitrogen and oxygen atoms in total. The van der Waals surface area contributed by atoms with Gasteiger partial charge in [0, 0.05) is 13.0 Å². The van der Waals surface area contributed by atoms with Gasteiger partial charge in [-0.25, -0.2) is 0 Å². The highest BCUT2D eigenvalue weighted by atomic mass is 16.5. The lowest BCUT2D eigenvalue weighted by Gasteiger charge is -2.00. The van der Waals surface area contributed by atoms with E-state index >= 15 is 0 Å². The normalized spacial score (nSPS) is 9.64. The summed E-state index contributed by atoms with van der Waals surface area (Å²) in [6, 6.07) is 0. The molecule has 0 saturated carbocycles. The van der Waals surface area contributed by atoms with Crippen molar-refractivity contribution in [2.75, 3.05) is 19.8 Å². The zero-order chi connectivity index (χ0) is 8.69. The van der Waals surface area contributed by atoms with E-state index in [-0.39, 0.29) is 5.78 Å². The van der Waals surface area contributed by atoms with Gasteiger partial charge in [0.15, 0.2) is 5.78 Å². The van der Waals surface area contributed by atoms with E-state index in [0.717, 1.165) is 0 Å². The fraction of sp³-hybridized carbons (Fsp3) is 0.625. The maximum atomic E-state index is 10.9. The number of carbonyl (C=O) groups excluding carboxylic acids is 1. The van der Waals surface area contributed by atoms with Gasteiger partial charge in [-0.2, -0.15) is 0 Å². The van der Waals surface area contributed by atoms with E-state index in [1.807, 2.05) is 0 Å². The molecule has 0 radical (unpaired) electrons. The molecular weight excluding hydrogens is 142 g/mol. The Bertz CT molecular complexity index is 143. The summed E-state index contributed by atoms with van der Waals surface area (Å²) in [5, 5.41) is 0. The van der Waals surface area contributed by atoms with Crippen LogP contribution in [0.3, 0.4) is 0 Å². The topological polar surface area (TPSA) is 52.3 Å². The second-order valence-electron chi connectivity index (χ2n) is 2.35. The van der Waals surface area contributed by atoms with E-state index in [1.165, 1.54) is 0 Å². The smallest absolute Gasteiger partial charge is 0.160 e. The van der Waals surface area contributed by atoms with Crippen molar-refractivity contribution in [2.24, 2.45) is 5.73 Å². The molecule has 0 aliphatic rings. The number of Topliss-reactive ketones (excluding diaryl/α,β-unsaturated/α-hetero) is 1. The third-order valence-corrected chi connectivity index (χ3v) is 1.21. The predicted molar refractivity (Wildman–Crippen MR) is 44.3 cm³/mol. The minimum atomic E-state index is 0.0574. The van der Waals surface area contributed by atoms with E-state index < -0.39 is 0 Å². The monoisotopic (exact) mass is 157 g/mol. The van der Waals surface area contributed by atoms with Gasteiger partial charge in [0.2, 0.25) is 0 Å². The summed E-state index contributed by atoms with van der Waals surface area (Å²) in [7, 11) is 0. The van der Waals surface area contributed by atoms with Crippen LogP contribution in [0.15, 0.2) is 12.2 Å². The Morgan fingerprint density at radius 3 is 2.64 bits per heavy atom. The number of hydrogen-bond donors (Lipinski definition) is 1. The van der Waals surface area contributed by atoms with Crippen LogP contribution in [0.5, 0.6) is 0 Å². The minimum Gasteiger partial charge on any atom is -0.380 e. The average molecular weight is 157 g/mol. The summed E-state index contributed by atoms with van der Waals surface area (Å²) in [6.07, 6.45) is 0.412. The summed E-state index contributed by atoms with van der Waals surface area (Å²) >= 11 is 0. The van der Waals surface area contributed by atoms with Crippen molar-refractivity contribution in [3.8, 4) is 0 Å². The Hall–Kier alpha value is -0.670. The van der Waals surface area contributed by atoms with E-state index in [9.17, 15) is 4.79 Å².